The lowest BCUT2D eigenvalue weighted by Crippen LogP contribution is -2.28. The van der Waals surface area contributed by atoms with Crippen molar-refractivity contribution in [2.24, 2.45) is 5.10 Å². The van der Waals surface area contributed by atoms with Crippen molar-refractivity contribution >= 4 is 27.6 Å². The summed E-state index contributed by atoms with van der Waals surface area (Å²) < 4.78 is 52.7. The lowest BCUT2D eigenvalue weighted by molar-refractivity contribution is -0.274. The largest absolute Gasteiger partial charge is 0.573 e. The molecule has 6 nitrogen and oxygen atoms in total. The van der Waals surface area contributed by atoms with E-state index in [1.165, 1.54) is 12.1 Å². The van der Waals surface area contributed by atoms with E-state index in [-0.39, 0.29) is 16.0 Å². The molecule has 0 spiro atoms. The van der Waals surface area contributed by atoms with E-state index in [4.69, 9.17) is 0 Å². The molecule has 0 fully saturated rings. The summed E-state index contributed by atoms with van der Waals surface area (Å²) >= 11 is 0. The van der Waals surface area contributed by atoms with Crippen molar-refractivity contribution in [2.75, 3.05) is 5.32 Å². The number of rotatable bonds is 5. The zero-order valence-electron chi connectivity index (χ0n) is 15.0. The Balaban J connectivity index is 2.06. The number of carbonyl (C=O) groups excluding carboxylic acids is 1. The molecule has 2 amide bonds. The molecule has 0 radical (unpaired) electrons. The highest BCUT2D eigenvalue weighted by molar-refractivity contribution is 8.01. The van der Waals surface area contributed by atoms with Gasteiger partial charge in [0.25, 0.3) is 0 Å². The van der Waals surface area contributed by atoms with Crippen molar-refractivity contribution in [3.8, 4) is 5.75 Å². The molecule has 0 aliphatic carbocycles. The zero-order chi connectivity index (χ0) is 20.7. The molecule has 0 bridgehead atoms. The number of nitrogens with zero attached hydrogens (tertiary/aromatic N) is 1. The first kappa shape index (κ1) is 21.4. The first-order valence-electron chi connectivity index (χ1n) is 8.12. The molecule has 1 unspecified atom stereocenters. The van der Waals surface area contributed by atoms with E-state index in [0.717, 1.165) is 12.1 Å². The Hall–Kier alpha value is -2.88. The molecule has 2 aromatic rings. The first-order chi connectivity index (χ1) is 13.2. The third-order valence-corrected chi connectivity index (χ3v) is 4.81. The minimum absolute atomic E-state index is 0.208. The quantitative estimate of drug-likeness (QED) is 0.437. The number of urea groups is 1. The lowest BCUT2D eigenvalue weighted by Gasteiger charge is -2.11. The van der Waals surface area contributed by atoms with Crippen LogP contribution in [0.2, 0.25) is 0 Å². The summed E-state index contributed by atoms with van der Waals surface area (Å²) in [5.41, 5.74) is 3.08. The highest BCUT2D eigenvalue weighted by Crippen LogP contribution is 2.23. The smallest absolute Gasteiger partial charge is 0.406 e. The number of amides is 2. The van der Waals surface area contributed by atoms with Crippen molar-refractivity contribution in [1.29, 1.82) is 0 Å². The minimum atomic E-state index is -4.79. The molecule has 0 saturated heterocycles. The summed E-state index contributed by atoms with van der Waals surface area (Å²) in [6.07, 6.45) is -4.79. The molecule has 0 aliphatic heterocycles. The van der Waals surface area contributed by atoms with Crippen LogP contribution in [0.1, 0.15) is 19.4 Å². The Bertz CT molecular complexity index is 854. The predicted octanol–water partition coefficient (Wildman–Crippen LogP) is 4.23. The van der Waals surface area contributed by atoms with Gasteiger partial charge in [-0.3, -0.25) is 4.21 Å². The number of halogens is 3. The number of hydrogen-bond donors (Lipinski definition) is 2. The number of ether oxygens (including phenoxy) is 1. The molecule has 150 valence electrons. The van der Waals surface area contributed by atoms with Gasteiger partial charge in [0.2, 0.25) is 0 Å². The molecular formula is C18H18F3N3O3S. The molecule has 1 atom stereocenters. The van der Waals surface area contributed by atoms with Gasteiger partial charge in [0.05, 0.1) is 10.8 Å². The number of hydrazone groups is 1. The van der Waals surface area contributed by atoms with E-state index in [9.17, 15) is 22.2 Å². The van der Waals surface area contributed by atoms with Crippen LogP contribution in [-0.2, 0) is 10.8 Å². The maximum Gasteiger partial charge on any atom is 0.573 e. The van der Waals surface area contributed by atoms with Crippen molar-refractivity contribution in [1.82, 2.24) is 5.43 Å². The van der Waals surface area contributed by atoms with Crippen LogP contribution in [0.25, 0.3) is 0 Å². The Morgan fingerprint density at radius 2 is 1.68 bits per heavy atom. The highest BCUT2D eigenvalue weighted by atomic mass is 32.2. The minimum Gasteiger partial charge on any atom is -0.406 e. The molecule has 0 heterocycles. The molecule has 0 saturated carbocycles. The summed E-state index contributed by atoms with van der Waals surface area (Å²) in [6.45, 7) is 3.53. The van der Waals surface area contributed by atoms with Crippen LogP contribution in [0.3, 0.4) is 0 Å². The highest BCUT2D eigenvalue weighted by Gasteiger charge is 2.30. The average molecular weight is 413 g/mol. The van der Waals surface area contributed by atoms with E-state index in [2.05, 4.69) is 20.6 Å². The van der Waals surface area contributed by atoms with Crippen LogP contribution >= 0.6 is 0 Å². The number of nitrogens with one attached hydrogen (secondary N) is 2. The molecule has 10 heteroatoms. The van der Waals surface area contributed by atoms with Gasteiger partial charge in [0.15, 0.2) is 5.04 Å². The van der Waals surface area contributed by atoms with Crippen LogP contribution in [0, 0.1) is 0 Å². The molecule has 0 aromatic heterocycles. The van der Waals surface area contributed by atoms with Gasteiger partial charge >= 0.3 is 12.4 Å². The van der Waals surface area contributed by atoms with E-state index >= 15 is 0 Å². The maximum atomic E-state index is 12.5. The standard InChI is InChI=1S/C18H18F3N3O3S/c1-12(2)28(26)16(13-6-4-3-5-7-13)23-24-17(25)22-14-8-10-15(11-9-14)27-18(19,20)21/h3-12H,1-2H3,(H2,22,24,25). The first-order valence-corrected chi connectivity index (χ1v) is 9.33. The lowest BCUT2D eigenvalue weighted by atomic mass is 10.2. The molecular weight excluding hydrogens is 395 g/mol. The van der Waals surface area contributed by atoms with Crippen LogP contribution in [0.5, 0.6) is 5.75 Å². The van der Waals surface area contributed by atoms with E-state index < -0.39 is 28.9 Å². The summed E-state index contributed by atoms with van der Waals surface area (Å²) in [5.74, 6) is -0.407. The predicted molar refractivity (Wildman–Crippen MR) is 102 cm³/mol. The van der Waals surface area contributed by atoms with Crippen LogP contribution < -0.4 is 15.5 Å². The average Bonchev–Trinajstić information content (AvgIpc) is 2.63. The van der Waals surface area contributed by atoms with Gasteiger partial charge in [-0.05, 0) is 24.3 Å². The Morgan fingerprint density at radius 3 is 2.21 bits per heavy atom. The summed E-state index contributed by atoms with van der Waals surface area (Å²) in [5, 5.41) is 6.36. The molecule has 0 aliphatic rings. The molecule has 2 rings (SSSR count). The van der Waals surface area contributed by atoms with Gasteiger partial charge in [-0.15, -0.1) is 13.2 Å². The third kappa shape index (κ3) is 6.69. The molecule has 28 heavy (non-hydrogen) atoms. The monoisotopic (exact) mass is 413 g/mol. The number of anilines is 1. The second-order valence-corrected chi connectivity index (χ2v) is 7.69. The second kappa shape index (κ2) is 9.36. The number of hydrogen-bond acceptors (Lipinski definition) is 4. The Kier molecular flexibility index (Phi) is 7.16. The summed E-state index contributed by atoms with van der Waals surface area (Å²) in [7, 11) is -1.45. The van der Waals surface area contributed by atoms with Gasteiger partial charge in [-0.1, -0.05) is 44.2 Å². The van der Waals surface area contributed by atoms with E-state index in [0.29, 0.717) is 5.56 Å². The fourth-order valence-corrected chi connectivity index (χ4v) is 2.98. The number of benzene rings is 2. The van der Waals surface area contributed by atoms with Gasteiger partial charge in [0, 0.05) is 16.5 Å². The van der Waals surface area contributed by atoms with Gasteiger partial charge < -0.3 is 10.1 Å². The normalized spacial score (nSPS) is 13.1. The fourth-order valence-electron chi connectivity index (χ4n) is 2.03. The van der Waals surface area contributed by atoms with E-state index in [1.807, 2.05) is 0 Å². The van der Waals surface area contributed by atoms with Crippen molar-refractivity contribution in [3.05, 3.63) is 60.2 Å². The summed E-state index contributed by atoms with van der Waals surface area (Å²) in [4.78, 5) is 12.0. The van der Waals surface area contributed by atoms with Crippen LogP contribution in [0.15, 0.2) is 59.7 Å². The van der Waals surface area contributed by atoms with Crippen molar-refractivity contribution < 1.29 is 26.9 Å². The summed E-state index contributed by atoms with van der Waals surface area (Å²) in [6, 6.07) is 12.6. The topological polar surface area (TPSA) is 79.8 Å². The third-order valence-electron chi connectivity index (χ3n) is 3.24. The Labute approximate surface area is 162 Å². The SMILES string of the molecule is CC(C)S(=O)C(=NNC(=O)Nc1ccc(OC(F)(F)F)cc1)c1ccccc1. The fraction of sp³-hybridized carbons (Fsp3) is 0.222. The van der Waals surface area contributed by atoms with Crippen LogP contribution in [-0.4, -0.2) is 26.9 Å². The Morgan fingerprint density at radius 1 is 1.07 bits per heavy atom. The van der Waals surface area contributed by atoms with Gasteiger partial charge in [-0.25, -0.2) is 10.2 Å². The van der Waals surface area contributed by atoms with Crippen molar-refractivity contribution in [3.63, 3.8) is 0 Å². The van der Waals surface area contributed by atoms with E-state index in [1.54, 1.807) is 44.2 Å². The van der Waals surface area contributed by atoms with Gasteiger partial charge in [0.1, 0.15) is 5.75 Å². The maximum absolute atomic E-state index is 12.5. The number of alkyl halides is 3. The number of carbonyl (C=O) groups is 1. The molecule has 2 N–H and O–H groups in total. The molecule has 2 aromatic carbocycles. The van der Waals surface area contributed by atoms with Crippen LogP contribution in [0.4, 0.5) is 23.7 Å². The second-order valence-electron chi connectivity index (χ2n) is 5.77. The van der Waals surface area contributed by atoms with Crippen molar-refractivity contribution in [2.45, 2.75) is 25.5 Å². The van der Waals surface area contributed by atoms with Gasteiger partial charge in [-0.2, -0.15) is 5.10 Å². The zero-order valence-corrected chi connectivity index (χ0v) is 15.8.